The van der Waals surface area contributed by atoms with Crippen LogP contribution in [0.25, 0.3) is 22.3 Å². The Kier molecular flexibility index (Phi) is 9.38. The summed E-state index contributed by atoms with van der Waals surface area (Å²) in [6.07, 6.45) is -0.270. The predicted molar refractivity (Wildman–Crippen MR) is 190 cm³/mol. The average Bonchev–Trinajstić information content (AvgIpc) is 3.44. The summed E-state index contributed by atoms with van der Waals surface area (Å²) in [5, 5.41) is 0.0552. The number of hydrogen-bond acceptors (Lipinski definition) is 8. The number of carbonyl (C=O) groups is 1. The molecule has 1 aromatic heterocycles. The van der Waals surface area contributed by atoms with Crippen LogP contribution in [0, 0.1) is 0 Å². The van der Waals surface area contributed by atoms with E-state index in [4.69, 9.17) is 18.6 Å². The lowest BCUT2D eigenvalue weighted by Crippen LogP contribution is -2.34. The maximum Gasteiger partial charge on any atom is 0.414 e. The highest BCUT2D eigenvalue weighted by atomic mass is 32.2. The van der Waals surface area contributed by atoms with E-state index < -0.39 is 27.1 Å². The number of nitrogens with zero attached hydrogens (tertiary/aromatic N) is 2. The SMILES string of the molecule is CN(C(=O)OC(C)(C)C)c1cc(N2CCCS2(=O)=O)c2oc(-c3ccc(OCc4ccccc4)cc3)c(OCc3ccccc3)c(=O)c2c1. The highest BCUT2D eigenvalue weighted by molar-refractivity contribution is 7.93. The lowest BCUT2D eigenvalue weighted by atomic mass is 10.1. The minimum Gasteiger partial charge on any atom is -0.489 e. The molecule has 1 aliphatic heterocycles. The van der Waals surface area contributed by atoms with Gasteiger partial charge in [0.15, 0.2) is 11.3 Å². The van der Waals surface area contributed by atoms with E-state index in [0.29, 0.717) is 24.3 Å². The third-order valence-corrected chi connectivity index (χ3v) is 9.78. The lowest BCUT2D eigenvalue weighted by Gasteiger charge is -2.26. The Balaban J connectivity index is 1.49. The molecule has 0 spiro atoms. The number of anilines is 2. The first-order valence-electron chi connectivity index (χ1n) is 16.0. The molecule has 2 heterocycles. The molecule has 4 aromatic carbocycles. The van der Waals surface area contributed by atoms with E-state index in [9.17, 15) is 18.0 Å². The van der Waals surface area contributed by atoms with Gasteiger partial charge in [-0.15, -0.1) is 0 Å². The molecule has 0 saturated carbocycles. The van der Waals surface area contributed by atoms with Crippen molar-refractivity contribution >= 4 is 38.5 Å². The fourth-order valence-electron chi connectivity index (χ4n) is 5.47. The molecule has 49 heavy (non-hydrogen) atoms. The van der Waals surface area contributed by atoms with Crippen LogP contribution in [0.15, 0.2) is 106 Å². The van der Waals surface area contributed by atoms with E-state index in [2.05, 4.69) is 0 Å². The number of hydrogen-bond donors (Lipinski definition) is 0. The van der Waals surface area contributed by atoms with E-state index in [1.807, 2.05) is 60.7 Å². The Morgan fingerprint density at radius 1 is 0.878 bits per heavy atom. The van der Waals surface area contributed by atoms with Crippen LogP contribution in [0.1, 0.15) is 38.3 Å². The van der Waals surface area contributed by atoms with Crippen LogP contribution in [-0.4, -0.2) is 39.5 Å². The molecule has 0 N–H and O–H groups in total. The van der Waals surface area contributed by atoms with Crippen molar-refractivity contribution in [1.82, 2.24) is 0 Å². The first-order chi connectivity index (χ1) is 23.4. The molecular weight excluding hydrogens is 644 g/mol. The highest BCUT2D eigenvalue weighted by Gasteiger charge is 2.33. The van der Waals surface area contributed by atoms with Crippen molar-refractivity contribution in [3.8, 4) is 22.8 Å². The number of fused-ring (bicyclic) bond motifs is 1. The Bertz CT molecular complexity index is 2130. The van der Waals surface area contributed by atoms with Gasteiger partial charge in [-0.2, -0.15) is 0 Å². The van der Waals surface area contributed by atoms with Gasteiger partial charge < -0.3 is 18.6 Å². The Hall–Kier alpha value is -5.29. The summed E-state index contributed by atoms with van der Waals surface area (Å²) < 4.78 is 52.0. The molecule has 11 heteroatoms. The van der Waals surface area contributed by atoms with Crippen LogP contribution >= 0.6 is 0 Å². The Morgan fingerprint density at radius 3 is 2.06 bits per heavy atom. The van der Waals surface area contributed by atoms with Crippen LogP contribution in [0.2, 0.25) is 0 Å². The minimum atomic E-state index is -3.72. The van der Waals surface area contributed by atoms with E-state index in [1.165, 1.54) is 28.4 Å². The summed E-state index contributed by atoms with van der Waals surface area (Å²) in [7, 11) is -2.21. The first-order valence-corrected chi connectivity index (χ1v) is 17.6. The van der Waals surface area contributed by atoms with Gasteiger partial charge in [0, 0.05) is 24.8 Å². The van der Waals surface area contributed by atoms with Crippen molar-refractivity contribution in [3.63, 3.8) is 0 Å². The van der Waals surface area contributed by atoms with Gasteiger partial charge in [0.1, 0.15) is 24.6 Å². The normalized spacial score (nSPS) is 14.1. The van der Waals surface area contributed by atoms with Gasteiger partial charge in [-0.05, 0) is 74.7 Å². The summed E-state index contributed by atoms with van der Waals surface area (Å²) >= 11 is 0. The standard InChI is InChI=1S/C38H38N2O8S/c1-38(2,3)48-37(42)39(4)29-22-31-33(41)36(46-25-27-14-9-6-10-15-27)34(47-35(31)32(23-29)40-20-11-21-49(40,43)44)28-16-18-30(19-17-28)45-24-26-12-7-5-8-13-26/h5-10,12-19,22-23H,11,20-21,24-25H2,1-4H3. The Morgan fingerprint density at radius 2 is 1.49 bits per heavy atom. The van der Waals surface area contributed by atoms with Crippen molar-refractivity contribution < 1.29 is 31.8 Å². The van der Waals surface area contributed by atoms with Crippen LogP contribution < -0.4 is 24.1 Å². The summed E-state index contributed by atoms with van der Waals surface area (Å²) in [4.78, 5) is 28.8. The molecule has 1 saturated heterocycles. The van der Waals surface area contributed by atoms with Crippen molar-refractivity contribution in [3.05, 3.63) is 118 Å². The molecule has 0 aliphatic carbocycles. The maximum absolute atomic E-state index is 14.5. The van der Waals surface area contributed by atoms with Crippen molar-refractivity contribution in [2.24, 2.45) is 0 Å². The predicted octanol–water partition coefficient (Wildman–Crippen LogP) is 7.53. The summed E-state index contributed by atoms with van der Waals surface area (Å²) in [5.74, 6) is 0.636. The maximum atomic E-state index is 14.5. The van der Waals surface area contributed by atoms with E-state index >= 15 is 0 Å². The fraction of sp³-hybridized carbons (Fsp3) is 0.263. The third-order valence-electron chi connectivity index (χ3n) is 7.93. The second-order valence-corrected chi connectivity index (χ2v) is 14.8. The fourth-order valence-corrected chi connectivity index (χ4v) is 7.02. The van der Waals surface area contributed by atoms with Crippen LogP contribution in [0.4, 0.5) is 16.2 Å². The summed E-state index contributed by atoms with van der Waals surface area (Å²) in [6, 6.07) is 29.3. The molecule has 1 amide bonds. The second-order valence-electron chi connectivity index (χ2n) is 12.8. The quantitative estimate of drug-likeness (QED) is 0.157. The average molecular weight is 683 g/mol. The minimum absolute atomic E-state index is 0.0541. The summed E-state index contributed by atoms with van der Waals surface area (Å²) in [6.45, 7) is 5.88. The molecule has 1 fully saturated rings. The molecule has 1 aliphatic rings. The molecule has 5 aromatic rings. The topological polar surface area (TPSA) is 116 Å². The zero-order valence-corrected chi connectivity index (χ0v) is 28.7. The van der Waals surface area contributed by atoms with E-state index in [-0.39, 0.29) is 52.8 Å². The Labute approximate surface area is 285 Å². The largest absolute Gasteiger partial charge is 0.489 e. The lowest BCUT2D eigenvalue weighted by molar-refractivity contribution is 0.0589. The van der Waals surface area contributed by atoms with E-state index in [0.717, 1.165) is 11.1 Å². The molecule has 6 rings (SSSR count). The van der Waals surface area contributed by atoms with Crippen LogP contribution in [0.5, 0.6) is 11.5 Å². The molecule has 0 radical (unpaired) electrons. The first kappa shape index (κ1) is 33.6. The van der Waals surface area contributed by atoms with Gasteiger partial charge in [0.05, 0.1) is 16.8 Å². The van der Waals surface area contributed by atoms with Crippen molar-refractivity contribution in [2.45, 2.75) is 46.0 Å². The second kappa shape index (κ2) is 13.7. The molecule has 0 atom stereocenters. The molecule has 0 unspecified atom stereocenters. The molecule has 254 valence electrons. The monoisotopic (exact) mass is 682 g/mol. The van der Waals surface area contributed by atoms with Crippen LogP contribution in [0.3, 0.4) is 0 Å². The number of benzene rings is 4. The van der Waals surface area contributed by atoms with Gasteiger partial charge >= 0.3 is 6.09 Å². The molecule has 0 bridgehead atoms. The number of rotatable bonds is 9. The zero-order valence-electron chi connectivity index (χ0n) is 27.8. The van der Waals surface area contributed by atoms with Gasteiger partial charge in [0.2, 0.25) is 21.2 Å². The van der Waals surface area contributed by atoms with Gasteiger partial charge in [-0.25, -0.2) is 13.2 Å². The number of carbonyl (C=O) groups excluding carboxylic acids is 1. The third kappa shape index (κ3) is 7.57. The number of ether oxygens (including phenoxy) is 3. The van der Waals surface area contributed by atoms with Crippen molar-refractivity contribution in [1.29, 1.82) is 0 Å². The number of amides is 1. The molecular formula is C38H38N2O8S. The zero-order chi connectivity index (χ0) is 34.8. The van der Waals surface area contributed by atoms with Gasteiger partial charge in [0.25, 0.3) is 0 Å². The van der Waals surface area contributed by atoms with Crippen LogP contribution in [-0.2, 0) is 28.0 Å². The molecule has 10 nitrogen and oxygen atoms in total. The van der Waals surface area contributed by atoms with Gasteiger partial charge in [-0.1, -0.05) is 60.7 Å². The van der Waals surface area contributed by atoms with Gasteiger partial charge in [-0.3, -0.25) is 14.0 Å². The highest BCUT2D eigenvalue weighted by Crippen LogP contribution is 2.40. The van der Waals surface area contributed by atoms with Crippen molar-refractivity contribution in [2.75, 3.05) is 28.6 Å². The van der Waals surface area contributed by atoms with E-state index in [1.54, 1.807) is 45.0 Å². The number of sulfonamides is 1. The smallest absolute Gasteiger partial charge is 0.414 e. The summed E-state index contributed by atoms with van der Waals surface area (Å²) in [5.41, 5.74) is 1.54.